The van der Waals surface area contributed by atoms with Gasteiger partial charge in [0.25, 0.3) is 17.1 Å². The fraction of sp³-hybridized carbons (Fsp3) is 0.217. The molecule has 2 N–H and O–H groups in total. The van der Waals surface area contributed by atoms with E-state index in [1.165, 1.54) is 24.3 Å². The number of nitrogens with zero attached hydrogens (tertiary/aromatic N) is 1. The molecule has 0 radical (unpaired) electrons. The molecule has 0 unspecified atom stereocenters. The molecule has 1 aliphatic heterocycles. The van der Waals surface area contributed by atoms with Gasteiger partial charge in [0, 0.05) is 24.2 Å². The number of aryl methyl sites for hydroxylation is 2. The first-order chi connectivity index (χ1) is 15.2. The smallest absolute Gasteiger partial charge is 0.293 e. The predicted octanol–water partition coefficient (Wildman–Crippen LogP) is 3.03. The van der Waals surface area contributed by atoms with Gasteiger partial charge in [-0.15, -0.1) is 0 Å². The van der Waals surface area contributed by atoms with E-state index in [4.69, 9.17) is 0 Å². The summed E-state index contributed by atoms with van der Waals surface area (Å²) >= 11 is 0.720. The van der Waals surface area contributed by atoms with Crippen LogP contribution in [0.25, 0.3) is 6.08 Å². The third-order valence-electron chi connectivity index (χ3n) is 4.62. The fourth-order valence-electron chi connectivity index (χ4n) is 3.16. The van der Waals surface area contributed by atoms with Crippen LogP contribution in [0.5, 0.6) is 0 Å². The molecule has 166 valence electrons. The number of halogens is 1. The van der Waals surface area contributed by atoms with E-state index < -0.39 is 22.9 Å². The normalized spacial score (nSPS) is 14.7. The lowest BCUT2D eigenvalue weighted by molar-refractivity contribution is -0.124. The van der Waals surface area contributed by atoms with Crippen LogP contribution in [0.1, 0.15) is 27.0 Å². The second kappa shape index (κ2) is 10.2. The van der Waals surface area contributed by atoms with Gasteiger partial charge in [-0.2, -0.15) is 0 Å². The van der Waals surface area contributed by atoms with Crippen molar-refractivity contribution in [2.75, 3.05) is 19.6 Å². The quantitative estimate of drug-likeness (QED) is 0.626. The van der Waals surface area contributed by atoms with Gasteiger partial charge in [-0.25, -0.2) is 4.39 Å². The molecule has 7 nitrogen and oxygen atoms in total. The van der Waals surface area contributed by atoms with Crippen LogP contribution < -0.4 is 10.6 Å². The summed E-state index contributed by atoms with van der Waals surface area (Å²) in [6.45, 7) is 3.53. The van der Waals surface area contributed by atoms with Crippen molar-refractivity contribution >= 4 is 40.8 Å². The fourth-order valence-corrected chi connectivity index (χ4v) is 4.02. The Kier molecular flexibility index (Phi) is 7.42. The first kappa shape index (κ1) is 23.2. The third-order valence-corrected chi connectivity index (χ3v) is 5.52. The summed E-state index contributed by atoms with van der Waals surface area (Å²) in [6, 6.07) is 11.4. The van der Waals surface area contributed by atoms with Crippen LogP contribution in [0.15, 0.2) is 47.4 Å². The number of rotatable bonds is 7. The summed E-state index contributed by atoms with van der Waals surface area (Å²) < 4.78 is 13.8. The molecule has 0 saturated carbocycles. The van der Waals surface area contributed by atoms with Gasteiger partial charge in [-0.05, 0) is 49.9 Å². The maximum atomic E-state index is 13.8. The SMILES string of the molecule is Cc1cc(C)cc(C(=O)NCC(=O)NCCN2C(=O)S/C(=C\c3ccccc3F)C2=O)c1. The summed E-state index contributed by atoms with van der Waals surface area (Å²) in [5.41, 5.74) is 2.57. The van der Waals surface area contributed by atoms with Crippen LogP contribution in [0.3, 0.4) is 0 Å². The standard InChI is InChI=1S/C23H22FN3O4S/c1-14-9-15(2)11-17(10-14)21(29)26-13-20(28)25-7-8-27-22(30)19(32-23(27)31)12-16-5-3-4-6-18(16)24/h3-6,9-12H,7-8,13H2,1-2H3,(H,25,28)(H,26,29)/b19-12-. The molecule has 4 amide bonds. The van der Waals surface area contributed by atoms with E-state index in [0.29, 0.717) is 5.56 Å². The van der Waals surface area contributed by atoms with Gasteiger partial charge in [0.1, 0.15) is 5.82 Å². The third kappa shape index (κ3) is 5.82. The number of carbonyl (C=O) groups excluding carboxylic acids is 4. The minimum Gasteiger partial charge on any atom is -0.353 e. The number of nitrogens with one attached hydrogen (secondary N) is 2. The zero-order valence-corrected chi connectivity index (χ0v) is 18.4. The van der Waals surface area contributed by atoms with Gasteiger partial charge in [-0.1, -0.05) is 35.4 Å². The van der Waals surface area contributed by atoms with Crippen molar-refractivity contribution in [3.05, 3.63) is 75.4 Å². The number of benzene rings is 2. The molecule has 1 saturated heterocycles. The Morgan fingerprint density at radius 2 is 1.75 bits per heavy atom. The van der Waals surface area contributed by atoms with Crippen molar-refractivity contribution in [3.63, 3.8) is 0 Å². The second-order valence-corrected chi connectivity index (χ2v) is 8.26. The number of carbonyl (C=O) groups is 4. The number of hydrogen-bond acceptors (Lipinski definition) is 5. The average molecular weight is 456 g/mol. The van der Waals surface area contributed by atoms with Crippen LogP contribution >= 0.6 is 11.8 Å². The zero-order chi connectivity index (χ0) is 23.3. The van der Waals surface area contributed by atoms with Gasteiger partial charge < -0.3 is 10.6 Å². The number of amides is 4. The van der Waals surface area contributed by atoms with Crippen LogP contribution in [0.2, 0.25) is 0 Å². The predicted molar refractivity (Wildman–Crippen MR) is 120 cm³/mol. The van der Waals surface area contributed by atoms with E-state index in [1.807, 2.05) is 19.9 Å². The summed E-state index contributed by atoms with van der Waals surface area (Å²) in [5.74, 6) is -1.84. The largest absolute Gasteiger partial charge is 0.353 e. The lowest BCUT2D eigenvalue weighted by atomic mass is 10.1. The minimum atomic E-state index is -0.541. The Morgan fingerprint density at radius 3 is 2.44 bits per heavy atom. The van der Waals surface area contributed by atoms with Gasteiger partial charge in [0.2, 0.25) is 5.91 Å². The van der Waals surface area contributed by atoms with Crippen molar-refractivity contribution < 1.29 is 23.6 Å². The Morgan fingerprint density at radius 1 is 1.06 bits per heavy atom. The highest BCUT2D eigenvalue weighted by atomic mass is 32.2. The van der Waals surface area contributed by atoms with E-state index in [1.54, 1.807) is 18.2 Å². The Labute approximate surface area is 189 Å². The summed E-state index contributed by atoms with van der Waals surface area (Å²) in [4.78, 5) is 49.9. The van der Waals surface area contributed by atoms with Crippen molar-refractivity contribution in [1.29, 1.82) is 0 Å². The Hall–Kier alpha value is -3.46. The molecule has 2 aromatic rings. The monoisotopic (exact) mass is 455 g/mol. The molecule has 0 spiro atoms. The summed E-state index contributed by atoms with van der Waals surface area (Å²) in [6.07, 6.45) is 1.33. The summed E-state index contributed by atoms with van der Waals surface area (Å²) in [7, 11) is 0. The highest BCUT2D eigenvalue weighted by Crippen LogP contribution is 2.32. The highest BCUT2D eigenvalue weighted by molar-refractivity contribution is 8.18. The molecule has 32 heavy (non-hydrogen) atoms. The van der Waals surface area contributed by atoms with Gasteiger partial charge in [-0.3, -0.25) is 24.1 Å². The van der Waals surface area contributed by atoms with Crippen molar-refractivity contribution in [2.45, 2.75) is 13.8 Å². The second-order valence-electron chi connectivity index (χ2n) is 7.26. The minimum absolute atomic E-state index is 0.0310. The summed E-state index contributed by atoms with van der Waals surface area (Å²) in [5, 5.41) is 4.62. The van der Waals surface area contributed by atoms with Gasteiger partial charge in [0.15, 0.2) is 0 Å². The number of thioether (sulfide) groups is 1. The molecule has 1 heterocycles. The molecular weight excluding hydrogens is 433 g/mol. The topological polar surface area (TPSA) is 95.6 Å². The van der Waals surface area contributed by atoms with Crippen LogP contribution in [-0.4, -0.2) is 47.5 Å². The lowest BCUT2D eigenvalue weighted by Crippen LogP contribution is -2.41. The molecule has 0 aliphatic carbocycles. The van der Waals surface area contributed by atoms with E-state index >= 15 is 0 Å². The molecule has 0 bridgehead atoms. The zero-order valence-electron chi connectivity index (χ0n) is 17.6. The molecule has 0 atom stereocenters. The molecule has 2 aromatic carbocycles. The van der Waals surface area contributed by atoms with E-state index in [-0.39, 0.29) is 36.0 Å². The molecule has 1 aliphatic rings. The Balaban J connectivity index is 1.48. The molecular formula is C23H22FN3O4S. The van der Waals surface area contributed by atoms with Crippen LogP contribution in [0, 0.1) is 19.7 Å². The molecule has 3 rings (SSSR count). The van der Waals surface area contributed by atoms with Crippen molar-refractivity contribution in [3.8, 4) is 0 Å². The van der Waals surface area contributed by atoms with Gasteiger partial charge >= 0.3 is 0 Å². The number of imide groups is 1. The average Bonchev–Trinajstić information content (AvgIpc) is 3.00. The Bertz CT molecular complexity index is 1100. The van der Waals surface area contributed by atoms with E-state index in [2.05, 4.69) is 10.6 Å². The van der Waals surface area contributed by atoms with Crippen molar-refractivity contribution in [2.24, 2.45) is 0 Å². The van der Waals surface area contributed by atoms with Crippen molar-refractivity contribution in [1.82, 2.24) is 15.5 Å². The first-order valence-electron chi connectivity index (χ1n) is 9.87. The molecule has 0 aromatic heterocycles. The van der Waals surface area contributed by atoms with E-state index in [9.17, 15) is 23.6 Å². The lowest BCUT2D eigenvalue weighted by Gasteiger charge is -2.13. The number of hydrogen-bond donors (Lipinski definition) is 2. The highest BCUT2D eigenvalue weighted by Gasteiger charge is 2.34. The maximum Gasteiger partial charge on any atom is 0.293 e. The molecule has 9 heteroatoms. The van der Waals surface area contributed by atoms with Crippen LogP contribution in [0.4, 0.5) is 9.18 Å². The molecule has 1 fully saturated rings. The maximum absolute atomic E-state index is 13.8. The van der Waals surface area contributed by atoms with Crippen LogP contribution in [-0.2, 0) is 9.59 Å². The van der Waals surface area contributed by atoms with E-state index in [0.717, 1.165) is 27.8 Å². The first-order valence-corrected chi connectivity index (χ1v) is 10.7. The van der Waals surface area contributed by atoms with Gasteiger partial charge in [0.05, 0.1) is 11.4 Å².